The second-order valence-electron chi connectivity index (χ2n) is 9.37. The van der Waals surface area contributed by atoms with Gasteiger partial charge in [-0.15, -0.1) is 0 Å². The van der Waals surface area contributed by atoms with Crippen LogP contribution < -0.4 is 15.4 Å². The molecule has 3 rings (SSSR count). The maximum atomic E-state index is 12.3. The molecule has 1 saturated heterocycles. The largest absolute Gasteiger partial charge is 0.508 e. The molecule has 1 heterocycles. The van der Waals surface area contributed by atoms with Gasteiger partial charge in [0.1, 0.15) is 24.2 Å². The van der Waals surface area contributed by atoms with Crippen LogP contribution >= 0.6 is 0 Å². The monoisotopic (exact) mass is 483 g/mol. The third kappa shape index (κ3) is 9.78. The number of benzene rings is 2. The number of anilines is 1. The van der Waals surface area contributed by atoms with E-state index >= 15 is 0 Å². The summed E-state index contributed by atoms with van der Waals surface area (Å²) in [5.41, 5.74) is 2.36. The lowest BCUT2D eigenvalue weighted by atomic mass is 10.0. The average molecular weight is 484 g/mol. The number of ether oxygens (including phenoxy) is 1. The zero-order chi connectivity index (χ0) is 24.9. The van der Waals surface area contributed by atoms with Crippen molar-refractivity contribution in [1.29, 1.82) is 0 Å². The third-order valence-electron chi connectivity index (χ3n) is 6.42. The fourth-order valence-corrected chi connectivity index (χ4v) is 4.26. The molecule has 192 valence electrons. The average Bonchev–Trinajstić information content (AvgIpc) is 2.88. The standard InChI is InChI=1S/C28H41N3O4/c1-2-3-4-5-28(34)31-18-15-24(16-19-31)30-23-8-6-22(7-9-23)14-17-29-20-26(33)21-35-27-12-10-25(32)11-13-27/h6-13,24,26,29-30,32-33H,2-5,14-21H2,1H3/t26-/m0/s1. The van der Waals surface area contributed by atoms with Crippen LogP contribution in [0.1, 0.15) is 51.0 Å². The van der Waals surface area contributed by atoms with Crippen LogP contribution in [0.4, 0.5) is 5.69 Å². The molecule has 0 bridgehead atoms. The Balaban J connectivity index is 1.27. The van der Waals surface area contributed by atoms with Crippen molar-refractivity contribution in [3.05, 3.63) is 54.1 Å². The van der Waals surface area contributed by atoms with E-state index < -0.39 is 6.10 Å². The van der Waals surface area contributed by atoms with Crippen LogP contribution in [0.2, 0.25) is 0 Å². The number of nitrogens with one attached hydrogen (secondary N) is 2. The summed E-state index contributed by atoms with van der Waals surface area (Å²) in [7, 11) is 0. The van der Waals surface area contributed by atoms with Crippen molar-refractivity contribution in [2.75, 3.05) is 38.1 Å². The summed E-state index contributed by atoms with van der Waals surface area (Å²) in [6.45, 7) is 5.28. The van der Waals surface area contributed by atoms with Gasteiger partial charge in [-0.1, -0.05) is 31.9 Å². The molecular formula is C28H41N3O4. The van der Waals surface area contributed by atoms with Crippen molar-refractivity contribution in [2.24, 2.45) is 0 Å². The zero-order valence-electron chi connectivity index (χ0n) is 20.9. The summed E-state index contributed by atoms with van der Waals surface area (Å²) in [4.78, 5) is 14.3. The highest BCUT2D eigenvalue weighted by Crippen LogP contribution is 2.19. The number of nitrogens with zero attached hydrogens (tertiary/aromatic N) is 1. The smallest absolute Gasteiger partial charge is 0.222 e. The first-order valence-electron chi connectivity index (χ1n) is 13.0. The van der Waals surface area contributed by atoms with Crippen LogP contribution in [0, 0.1) is 0 Å². The molecule has 1 amide bonds. The number of rotatable bonds is 14. The van der Waals surface area contributed by atoms with E-state index in [1.165, 1.54) is 5.56 Å². The van der Waals surface area contributed by atoms with E-state index in [0.717, 1.165) is 63.8 Å². The third-order valence-corrected chi connectivity index (χ3v) is 6.42. The van der Waals surface area contributed by atoms with Gasteiger partial charge in [0.15, 0.2) is 0 Å². The van der Waals surface area contributed by atoms with Crippen molar-refractivity contribution >= 4 is 11.6 Å². The molecule has 2 aromatic carbocycles. The molecule has 1 atom stereocenters. The fourth-order valence-electron chi connectivity index (χ4n) is 4.26. The van der Waals surface area contributed by atoms with Gasteiger partial charge in [0.2, 0.25) is 5.91 Å². The number of amides is 1. The first-order valence-corrected chi connectivity index (χ1v) is 13.0. The summed E-state index contributed by atoms with van der Waals surface area (Å²) in [6, 6.07) is 15.4. The highest BCUT2D eigenvalue weighted by atomic mass is 16.5. The molecule has 1 aliphatic rings. The van der Waals surface area contributed by atoms with Crippen LogP contribution in [0.25, 0.3) is 0 Å². The summed E-state index contributed by atoms with van der Waals surface area (Å²) in [5.74, 6) is 1.12. The quantitative estimate of drug-likeness (QED) is 0.304. The van der Waals surface area contributed by atoms with Crippen LogP contribution in [0.5, 0.6) is 11.5 Å². The van der Waals surface area contributed by atoms with E-state index in [1.807, 2.05) is 4.90 Å². The van der Waals surface area contributed by atoms with Crippen LogP contribution in [0.3, 0.4) is 0 Å². The Morgan fingerprint density at radius 3 is 2.49 bits per heavy atom. The number of phenolic OH excluding ortho intramolecular Hbond substituents is 1. The predicted molar refractivity (Wildman–Crippen MR) is 140 cm³/mol. The number of hydrogen-bond acceptors (Lipinski definition) is 6. The molecule has 2 aromatic rings. The second-order valence-corrected chi connectivity index (χ2v) is 9.37. The predicted octanol–water partition coefficient (Wildman–Crippen LogP) is 3.95. The van der Waals surface area contributed by atoms with Gasteiger partial charge < -0.3 is 30.5 Å². The number of piperidine rings is 1. The van der Waals surface area contributed by atoms with Crippen molar-refractivity contribution < 1.29 is 19.7 Å². The lowest BCUT2D eigenvalue weighted by molar-refractivity contribution is -0.132. The highest BCUT2D eigenvalue weighted by molar-refractivity contribution is 5.76. The normalized spacial score (nSPS) is 15.1. The minimum Gasteiger partial charge on any atom is -0.508 e. The van der Waals surface area contributed by atoms with Crippen molar-refractivity contribution in [3.8, 4) is 11.5 Å². The summed E-state index contributed by atoms with van der Waals surface area (Å²) in [6.07, 6.45) is 6.23. The molecular weight excluding hydrogens is 442 g/mol. The van der Waals surface area contributed by atoms with Crippen molar-refractivity contribution in [1.82, 2.24) is 10.2 Å². The van der Waals surface area contributed by atoms with Gasteiger partial charge in [-0.3, -0.25) is 4.79 Å². The maximum Gasteiger partial charge on any atom is 0.222 e. The van der Waals surface area contributed by atoms with E-state index in [4.69, 9.17) is 4.74 Å². The minimum atomic E-state index is -0.603. The fraction of sp³-hybridized carbons (Fsp3) is 0.536. The summed E-state index contributed by atoms with van der Waals surface area (Å²) in [5, 5.41) is 26.3. The topological polar surface area (TPSA) is 94.1 Å². The summed E-state index contributed by atoms with van der Waals surface area (Å²) < 4.78 is 5.52. The van der Waals surface area contributed by atoms with Gasteiger partial charge in [-0.05, 0) is 74.2 Å². The number of aliphatic hydroxyl groups excluding tert-OH is 1. The van der Waals surface area contributed by atoms with E-state index in [-0.39, 0.29) is 12.4 Å². The Labute approximate surface area is 209 Å². The first-order chi connectivity index (χ1) is 17.0. The molecule has 0 spiro atoms. The summed E-state index contributed by atoms with van der Waals surface area (Å²) >= 11 is 0. The Morgan fingerprint density at radius 2 is 1.80 bits per heavy atom. The zero-order valence-corrected chi connectivity index (χ0v) is 20.9. The van der Waals surface area contributed by atoms with E-state index in [2.05, 4.69) is 41.8 Å². The SMILES string of the molecule is CCCCCC(=O)N1CCC(Nc2ccc(CCNC[C@H](O)COc3ccc(O)cc3)cc2)CC1. The lowest BCUT2D eigenvalue weighted by Gasteiger charge is -2.33. The molecule has 7 heteroatoms. The Hall–Kier alpha value is -2.77. The number of aromatic hydroxyl groups is 1. The number of unbranched alkanes of at least 4 members (excludes halogenated alkanes) is 2. The molecule has 4 N–H and O–H groups in total. The maximum absolute atomic E-state index is 12.3. The number of hydrogen-bond donors (Lipinski definition) is 4. The molecule has 1 fully saturated rings. The number of carbonyl (C=O) groups is 1. The Kier molecular flexibility index (Phi) is 11.2. The Morgan fingerprint density at radius 1 is 1.09 bits per heavy atom. The van der Waals surface area contributed by atoms with Crippen LogP contribution in [-0.4, -0.2) is 66.0 Å². The number of aliphatic hydroxyl groups is 1. The van der Waals surface area contributed by atoms with E-state index in [0.29, 0.717) is 30.7 Å². The van der Waals surface area contributed by atoms with Gasteiger partial charge in [-0.25, -0.2) is 0 Å². The van der Waals surface area contributed by atoms with Gasteiger partial charge in [0, 0.05) is 37.8 Å². The number of carbonyl (C=O) groups excluding carboxylic acids is 1. The molecule has 0 radical (unpaired) electrons. The second kappa shape index (κ2) is 14.6. The van der Waals surface area contributed by atoms with Gasteiger partial charge >= 0.3 is 0 Å². The van der Waals surface area contributed by atoms with Crippen LogP contribution in [-0.2, 0) is 11.2 Å². The van der Waals surface area contributed by atoms with Gasteiger partial charge in [0.25, 0.3) is 0 Å². The van der Waals surface area contributed by atoms with Crippen LogP contribution in [0.15, 0.2) is 48.5 Å². The molecule has 35 heavy (non-hydrogen) atoms. The Bertz CT molecular complexity index is 865. The van der Waals surface area contributed by atoms with Crippen molar-refractivity contribution in [2.45, 2.75) is 64.0 Å². The van der Waals surface area contributed by atoms with E-state index in [9.17, 15) is 15.0 Å². The van der Waals surface area contributed by atoms with Gasteiger partial charge in [-0.2, -0.15) is 0 Å². The number of phenols is 1. The van der Waals surface area contributed by atoms with Crippen molar-refractivity contribution in [3.63, 3.8) is 0 Å². The molecule has 1 aliphatic heterocycles. The van der Waals surface area contributed by atoms with Gasteiger partial charge in [0.05, 0.1) is 0 Å². The first kappa shape index (κ1) is 26.8. The molecule has 0 aliphatic carbocycles. The molecule has 0 aromatic heterocycles. The highest BCUT2D eigenvalue weighted by Gasteiger charge is 2.22. The molecule has 7 nitrogen and oxygen atoms in total. The van der Waals surface area contributed by atoms with E-state index in [1.54, 1.807) is 24.3 Å². The number of likely N-dealkylation sites (tertiary alicyclic amines) is 1. The minimum absolute atomic E-state index is 0.190. The lowest BCUT2D eigenvalue weighted by Crippen LogP contribution is -2.42. The molecule has 0 unspecified atom stereocenters. The molecule has 0 saturated carbocycles.